The summed E-state index contributed by atoms with van der Waals surface area (Å²) in [5.74, 6) is -1.60. The third kappa shape index (κ3) is 30.9. The molecule has 0 radical (unpaired) electrons. The summed E-state index contributed by atoms with van der Waals surface area (Å²) in [5.41, 5.74) is 0. The van der Waals surface area contributed by atoms with Gasteiger partial charge in [0.25, 0.3) is 10.1 Å². The molecule has 3 unspecified atom stereocenters. The normalized spacial score (nSPS) is 14.5. The first-order valence-corrected chi connectivity index (χ1v) is 19.9. The highest BCUT2D eigenvalue weighted by Crippen LogP contribution is 2.14. The van der Waals surface area contributed by atoms with Gasteiger partial charge in [-0.05, 0) is 51.4 Å². The molecule has 0 heterocycles. The van der Waals surface area contributed by atoms with Gasteiger partial charge in [0.15, 0.2) is 0 Å². The van der Waals surface area contributed by atoms with Crippen LogP contribution in [-0.2, 0) is 14.9 Å². The maximum absolute atomic E-state index is 12.4. The van der Waals surface area contributed by atoms with Gasteiger partial charge in [0.05, 0.1) is 17.9 Å². The quantitative estimate of drug-likeness (QED) is 0.0326. The number of rotatable bonds is 32. The summed E-state index contributed by atoms with van der Waals surface area (Å²) in [6.07, 6.45) is 36.7. The molecule has 0 saturated carbocycles. The number of allylic oxidation sites excluding steroid dienone is 5. The Kier molecular flexibility index (Phi) is 30.1. The Hall–Kier alpha value is -1.48. The molecular weight excluding hydrogens is 586 g/mol. The fourth-order valence-corrected chi connectivity index (χ4v) is 6.03. The molecule has 0 fully saturated rings. The van der Waals surface area contributed by atoms with Crippen LogP contribution in [0.25, 0.3) is 0 Å². The molecule has 0 aliphatic heterocycles. The predicted octanol–water partition coefficient (Wildman–Crippen LogP) is 9.15. The topological polar surface area (TPSA) is 124 Å². The third-order valence-electron chi connectivity index (χ3n) is 8.15. The molecule has 264 valence electrons. The second-order valence-electron chi connectivity index (χ2n) is 12.6. The number of unbranched alkanes of at least 4 members (excludes halogenated alkanes) is 19. The third-order valence-corrected chi connectivity index (χ3v) is 8.94. The highest BCUT2D eigenvalue weighted by Gasteiger charge is 2.27. The van der Waals surface area contributed by atoms with E-state index in [1.807, 2.05) is 12.2 Å². The van der Waals surface area contributed by atoms with E-state index < -0.39 is 40.0 Å². The number of hydrogen-bond donors (Lipinski definition) is 4. The Labute approximate surface area is 277 Å². The minimum absolute atomic E-state index is 0.188. The zero-order valence-corrected chi connectivity index (χ0v) is 29.7. The van der Waals surface area contributed by atoms with Gasteiger partial charge >= 0.3 is 0 Å². The van der Waals surface area contributed by atoms with E-state index in [9.17, 15) is 28.0 Å². The van der Waals surface area contributed by atoms with Crippen molar-refractivity contribution in [2.24, 2.45) is 0 Å². The lowest BCUT2D eigenvalue weighted by molar-refractivity contribution is -0.130. The van der Waals surface area contributed by atoms with Crippen molar-refractivity contribution < 1.29 is 28.0 Å². The van der Waals surface area contributed by atoms with E-state index in [0.29, 0.717) is 12.8 Å². The van der Waals surface area contributed by atoms with Crippen LogP contribution < -0.4 is 5.32 Å². The van der Waals surface area contributed by atoms with Crippen molar-refractivity contribution in [3.63, 3.8) is 0 Å². The number of aliphatic hydroxyl groups excluding tert-OH is 2. The molecule has 3 atom stereocenters. The van der Waals surface area contributed by atoms with Gasteiger partial charge in [0, 0.05) is 0 Å². The molecule has 0 spiro atoms. The maximum Gasteiger partial charge on any atom is 0.267 e. The molecule has 0 aromatic rings. The monoisotopic (exact) mass is 655 g/mol. The van der Waals surface area contributed by atoms with Crippen molar-refractivity contribution in [2.45, 2.75) is 186 Å². The number of amides is 1. The maximum atomic E-state index is 12.4. The zero-order valence-electron chi connectivity index (χ0n) is 28.8. The molecule has 45 heavy (non-hydrogen) atoms. The molecule has 0 aromatic heterocycles. The summed E-state index contributed by atoms with van der Waals surface area (Å²) < 4.78 is 32.3. The summed E-state index contributed by atoms with van der Waals surface area (Å²) in [7, 11) is -4.45. The Balaban J connectivity index is 4.11. The van der Waals surface area contributed by atoms with Crippen LogP contribution in [0.4, 0.5) is 0 Å². The molecular formula is C37H69NO6S. The van der Waals surface area contributed by atoms with Crippen molar-refractivity contribution >= 4 is 16.0 Å². The van der Waals surface area contributed by atoms with Crippen LogP contribution in [0, 0.1) is 0 Å². The average Bonchev–Trinajstić information content (AvgIpc) is 3.00. The Morgan fingerprint density at radius 2 is 1.00 bits per heavy atom. The highest BCUT2D eigenvalue weighted by molar-refractivity contribution is 7.85. The number of nitrogens with one attached hydrogen (secondary N) is 1. The van der Waals surface area contributed by atoms with E-state index >= 15 is 0 Å². The first kappa shape index (κ1) is 43.5. The first-order chi connectivity index (χ1) is 21.7. The van der Waals surface area contributed by atoms with E-state index in [4.69, 9.17) is 0 Å². The van der Waals surface area contributed by atoms with Gasteiger partial charge in [-0.2, -0.15) is 8.42 Å². The van der Waals surface area contributed by atoms with Gasteiger partial charge < -0.3 is 15.5 Å². The summed E-state index contributed by atoms with van der Waals surface area (Å²) in [6, 6.07) is -1.26. The van der Waals surface area contributed by atoms with Gasteiger partial charge in [-0.25, -0.2) is 0 Å². The molecule has 1 amide bonds. The lowest BCUT2D eigenvalue weighted by atomic mass is 10.0. The largest absolute Gasteiger partial charge is 0.387 e. The van der Waals surface area contributed by atoms with Crippen LogP contribution in [-0.4, -0.2) is 53.1 Å². The fraction of sp³-hybridized carbons (Fsp3) is 0.811. The zero-order chi connectivity index (χ0) is 33.4. The summed E-state index contributed by atoms with van der Waals surface area (Å²) in [6.45, 7) is 4.43. The van der Waals surface area contributed by atoms with Gasteiger partial charge in [0.1, 0.15) is 6.10 Å². The van der Waals surface area contributed by atoms with Crippen LogP contribution in [0.5, 0.6) is 0 Å². The summed E-state index contributed by atoms with van der Waals surface area (Å²) in [4.78, 5) is 12.4. The molecule has 0 aromatic carbocycles. The molecule has 7 nitrogen and oxygen atoms in total. The minimum atomic E-state index is -4.45. The Morgan fingerprint density at radius 3 is 1.49 bits per heavy atom. The fourth-order valence-electron chi connectivity index (χ4n) is 5.30. The average molecular weight is 656 g/mol. The molecule has 4 N–H and O–H groups in total. The van der Waals surface area contributed by atoms with Crippen molar-refractivity contribution in [3.05, 3.63) is 36.5 Å². The molecule has 0 aliphatic rings. The SMILES string of the molecule is CCCCCC/C=C\CCC(O)C(=O)NC(CS(=O)(=O)O)C(O)/C=C/CC/C=C/CCCCCCCCCCCCCCCC. The molecule has 8 heteroatoms. The van der Waals surface area contributed by atoms with Gasteiger partial charge in [0.2, 0.25) is 5.91 Å². The standard InChI is InChI=1S/C37H69NO6S/c1-3-5-7-9-11-13-14-15-16-17-18-19-20-21-22-23-24-26-27-29-31-35(39)34(33-45(42,43)44)38-37(41)36(40)32-30-28-25-12-10-8-6-4-2/h23-25,28-29,31,34-36,39-40H,3-22,26-27,30,32-33H2,1-2H3,(H,38,41)(H,42,43,44)/b24-23+,28-25-,31-29+. The van der Waals surface area contributed by atoms with Gasteiger partial charge in [-0.3, -0.25) is 9.35 Å². The second kappa shape index (κ2) is 31.1. The second-order valence-corrected chi connectivity index (χ2v) is 14.1. The van der Waals surface area contributed by atoms with Crippen molar-refractivity contribution in [3.8, 4) is 0 Å². The van der Waals surface area contributed by atoms with Crippen LogP contribution >= 0.6 is 0 Å². The van der Waals surface area contributed by atoms with E-state index in [2.05, 4.69) is 31.3 Å². The molecule has 0 bridgehead atoms. The van der Waals surface area contributed by atoms with E-state index in [1.54, 1.807) is 6.08 Å². The van der Waals surface area contributed by atoms with Crippen molar-refractivity contribution in [1.82, 2.24) is 5.32 Å². The van der Waals surface area contributed by atoms with Gasteiger partial charge in [-0.15, -0.1) is 0 Å². The minimum Gasteiger partial charge on any atom is -0.387 e. The molecule has 0 rings (SSSR count). The lowest BCUT2D eigenvalue weighted by Crippen LogP contribution is -2.50. The van der Waals surface area contributed by atoms with Crippen LogP contribution in [0.1, 0.15) is 168 Å². The number of carbonyl (C=O) groups is 1. The highest BCUT2D eigenvalue weighted by atomic mass is 32.2. The lowest BCUT2D eigenvalue weighted by Gasteiger charge is -2.22. The van der Waals surface area contributed by atoms with Crippen molar-refractivity contribution in [1.29, 1.82) is 0 Å². The van der Waals surface area contributed by atoms with E-state index in [0.717, 1.165) is 25.7 Å². The first-order valence-electron chi connectivity index (χ1n) is 18.3. The van der Waals surface area contributed by atoms with Crippen LogP contribution in [0.2, 0.25) is 0 Å². The number of carbonyl (C=O) groups excluding carboxylic acids is 1. The smallest absolute Gasteiger partial charge is 0.267 e. The molecule has 0 aliphatic carbocycles. The van der Waals surface area contributed by atoms with E-state index in [-0.39, 0.29) is 6.42 Å². The van der Waals surface area contributed by atoms with Crippen LogP contribution in [0.15, 0.2) is 36.5 Å². The summed E-state index contributed by atoms with van der Waals surface area (Å²) >= 11 is 0. The predicted molar refractivity (Wildman–Crippen MR) is 190 cm³/mol. The molecule has 0 saturated heterocycles. The Morgan fingerprint density at radius 1 is 0.600 bits per heavy atom. The van der Waals surface area contributed by atoms with Gasteiger partial charge in [-0.1, -0.05) is 153 Å². The van der Waals surface area contributed by atoms with Crippen LogP contribution in [0.3, 0.4) is 0 Å². The number of hydrogen-bond acceptors (Lipinski definition) is 5. The Bertz CT molecular complexity index is 870. The number of aliphatic hydroxyl groups is 2. The summed E-state index contributed by atoms with van der Waals surface area (Å²) in [5, 5.41) is 23.1. The van der Waals surface area contributed by atoms with E-state index in [1.165, 1.54) is 115 Å². The van der Waals surface area contributed by atoms with Crippen molar-refractivity contribution in [2.75, 3.05) is 5.75 Å².